The molecule has 0 aromatic rings. The zero-order chi connectivity index (χ0) is 51.4. The molecule has 0 aromatic heterocycles. The number of carbonyl (C=O) groups is 3. The first-order chi connectivity index (χ1) is 35.0. The normalized spacial score (nSPS) is 12.7. The maximum Gasteiger partial charge on any atom is 0.306 e. The fourth-order valence-electron chi connectivity index (χ4n) is 8.38. The van der Waals surface area contributed by atoms with Gasteiger partial charge in [0.05, 0.1) is 0 Å². The van der Waals surface area contributed by atoms with Gasteiger partial charge in [0.2, 0.25) is 0 Å². The van der Waals surface area contributed by atoms with E-state index in [1.165, 1.54) is 148 Å². The van der Waals surface area contributed by atoms with Gasteiger partial charge in [-0.05, 0) is 96.3 Å². The smallest absolute Gasteiger partial charge is 0.306 e. The van der Waals surface area contributed by atoms with Gasteiger partial charge in [0.15, 0.2) is 6.10 Å². The number of rotatable bonds is 54. The summed E-state index contributed by atoms with van der Waals surface area (Å²) in [5.41, 5.74) is 0. The van der Waals surface area contributed by atoms with Crippen LogP contribution in [-0.2, 0) is 28.6 Å². The molecule has 0 saturated heterocycles. The Morgan fingerprint density at radius 1 is 0.296 bits per heavy atom. The number of carbonyl (C=O) groups excluding carboxylic acids is 3. The van der Waals surface area contributed by atoms with Crippen LogP contribution in [0.15, 0.2) is 85.1 Å². The van der Waals surface area contributed by atoms with E-state index in [9.17, 15) is 14.4 Å². The molecule has 0 heterocycles. The third kappa shape index (κ3) is 57.4. The lowest BCUT2D eigenvalue weighted by Gasteiger charge is -2.18. The highest BCUT2D eigenvalue weighted by molar-refractivity contribution is 5.71. The molecule has 0 fully saturated rings. The molecule has 1 unspecified atom stereocenters. The molecule has 0 aliphatic carbocycles. The average Bonchev–Trinajstić information content (AvgIpc) is 3.37. The minimum atomic E-state index is -0.780. The van der Waals surface area contributed by atoms with Gasteiger partial charge in [-0.25, -0.2) is 0 Å². The molecule has 0 bridgehead atoms. The van der Waals surface area contributed by atoms with Crippen LogP contribution in [0.4, 0.5) is 0 Å². The van der Waals surface area contributed by atoms with Crippen LogP contribution in [0, 0.1) is 0 Å². The lowest BCUT2D eigenvalue weighted by Crippen LogP contribution is -2.30. The van der Waals surface area contributed by atoms with E-state index < -0.39 is 6.10 Å². The van der Waals surface area contributed by atoms with E-state index in [4.69, 9.17) is 14.2 Å². The average molecular weight is 990 g/mol. The molecule has 0 aliphatic rings. The second-order valence-electron chi connectivity index (χ2n) is 19.9. The summed E-state index contributed by atoms with van der Waals surface area (Å²) in [5, 5.41) is 0. The highest BCUT2D eigenvalue weighted by Crippen LogP contribution is 2.15. The van der Waals surface area contributed by atoms with Crippen molar-refractivity contribution >= 4 is 17.9 Å². The molecule has 6 nitrogen and oxygen atoms in total. The van der Waals surface area contributed by atoms with E-state index in [-0.39, 0.29) is 31.1 Å². The van der Waals surface area contributed by atoms with Gasteiger partial charge in [-0.2, -0.15) is 0 Å². The number of ether oxygens (including phenoxy) is 3. The zero-order valence-electron chi connectivity index (χ0n) is 46.7. The summed E-state index contributed by atoms with van der Waals surface area (Å²) in [6.45, 7) is 6.51. The van der Waals surface area contributed by atoms with Gasteiger partial charge in [-0.3, -0.25) is 14.4 Å². The van der Waals surface area contributed by atoms with Crippen molar-refractivity contribution in [1.82, 2.24) is 0 Å². The Labute approximate surface area is 439 Å². The third-order valence-corrected chi connectivity index (χ3v) is 12.9. The minimum absolute atomic E-state index is 0.0785. The van der Waals surface area contributed by atoms with Crippen molar-refractivity contribution in [3.63, 3.8) is 0 Å². The van der Waals surface area contributed by atoms with Gasteiger partial charge in [-0.15, -0.1) is 0 Å². The molecule has 0 aliphatic heterocycles. The lowest BCUT2D eigenvalue weighted by atomic mass is 10.1. The standard InChI is InChI=1S/C65H112O6/c1-4-7-10-13-16-19-21-23-25-27-28-29-30-31-32-33-34-35-36-38-39-41-43-46-49-52-55-58-64(67)70-61-62(60-69-63(66)57-54-51-48-45-18-15-12-9-6-3)71-65(68)59-56-53-50-47-44-42-40-37-26-24-22-20-17-14-11-8-5-2/h7,10,16,19,23-26,28-29,31-32,34-35,62H,4-6,8-9,11-15,17-18,20-22,27,30,33,36-61H2,1-3H3/b10-7-,19-16-,25-23-,26-24-,29-28-,32-31-,35-34-. The van der Waals surface area contributed by atoms with Crippen molar-refractivity contribution in [3.05, 3.63) is 85.1 Å². The topological polar surface area (TPSA) is 78.9 Å². The Morgan fingerprint density at radius 3 is 0.873 bits per heavy atom. The van der Waals surface area contributed by atoms with Gasteiger partial charge in [0.25, 0.3) is 0 Å². The molecule has 0 rings (SSSR count). The fourth-order valence-corrected chi connectivity index (χ4v) is 8.38. The molecule has 71 heavy (non-hydrogen) atoms. The second-order valence-corrected chi connectivity index (χ2v) is 19.9. The maximum absolute atomic E-state index is 12.8. The number of hydrogen-bond donors (Lipinski definition) is 0. The Bertz CT molecular complexity index is 1370. The molecule has 0 spiro atoms. The van der Waals surface area contributed by atoms with Gasteiger partial charge < -0.3 is 14.2 Å². The first-order valence-corrected chi connectivity index (χ1v) is 30.1. The van der Waals surface area contributed by atoms with Crippen molar-refractivity contribution < 1.29 is 28.6 Å². The van der Waals surface area contributed by atoms with E-state index in [0.717, 1.165) is 103 Å². The van der Waals surface area contributed by atoms with Gasteiger partial charge in [0, 0.05) is 19.3 Å². The predicted molar refractivity (Wildman–Crippen MR) is 307 cm³/mol. The Morgan fingerprint density at radius 2 is 0.549 bits per heavy atom. The summed E-state index contributed by atoms with van der Waals surface area (Å²) in [6.07, 6.45) is 77.3. The number of allylic oxidation sites excluding steroid dienone is 14. The Kier molecular flexibility index (Phi) is 56.3. The Balaban J connectivity index is 4.25. The summed E-state index contributed by atoms with van der Waals surface area (Å²) in [4.78, 5) is 38.1. The molecule has 6 heteroatoms. The summed E-state index contributed by atoms with van der Waals surface area (Å²) >= 11 is 0. The van der Waals surface area contributed by atoms with Crippen LogP contribution in [0.2, 0.25) is 0 Å². The number of unbranched alkanes of at least 4 members (excludes halogenated alkanes) is 29. The Hall–Kier alpha value is -3.41. The quantitative estimate of drug-likeness (QED) is 0.0261. The zero-order valence-corrected chi connectivity index (χ0v) is 46.7. The van der Waals surface area contributed by atoms with E-state index in [2.05, 4.69) is 106 Å². The first-order valence-electron chi connectivity index (χ1n) is 30.1. The SMILES string of the molecule is CC/C=C\C/C=C\C/C=C\C/C=C\C/C=C\C/C=C\CCCCCCCCCCC(=O)OCC(COC(=O)CCCCCCCCCCC)OC(=O)CCCCCCCCC/C=C\CCCCCCCC. The van der Waals surface area contributed by atoms with E-state index >= 15 is 0 Å². The van der Waals surface area contributed by atoms with Gasteiger partial charge >= 0.3 is 17.9 Å². The second kappa shape index (κ2) is 59.2. The van der Waals surface area contributed by atoms with Gasteiger partial charge in [0.1, 0.15) is 13.2 Å². The maximum atomic E-state index is 12.8. The largest absolute Gasteiger partial charge is 0.462 e. The van der Waals surface area contributed by atoms with Crippen LogP contribution in [-0.4, -0.2) is 37.2 Å². The monoisotopic (exact) mass is 989 g/mol. The van der Waals surface area contributed by atoms with Crippen LogP contribution < -0.4 is 0 Å². The minimum Gasteiger partial charge on any atom is -0.462 e. The summed E-state index contributed by atoms with van der Waals surface area (Å²) in [7, 11) is 0. The highest BCUT2D eigenvalue weighted by Gasteiger charge is 2.19. The van der Waals surface area contributed by atoms with E-state index in [0.29, 0.717) is 19.3 Å². The van der Waals surface area contributed by atoms with Crippen molar-refractivity contribution in [2.75, 3.05) is 13.2 Å². The molecule has 0 aromatic carbocycles. The summed E-state index contributed by atoms with van der Waals surface area (Å²) < 4.78 is 16.8. The number of hydrogen-bond acceptors (Lipinski definition) is 6. The van der Waals surface area contributed by atoms with Crippen molar-refractivity contribution in [2.24, 2.45) is 0 Å². The van der Waals surface area contributed by atoms with Crippen molar-refractivity contribution in [1.29, 1.82) is 0 Å². The number of esters is 3. The summed E-state index contributed by atoms with van der Waals surface area (Å²) in [6, 6.07) is 0. The first kappa shape index (κ1) is 67.6. The highest BCUT2D eigenvalue weighted by atomic mass is 16.6. The van der Waals surface area contributed by atoms with E-state index in [1.807, 2.05) is 0 Å². The molecular weight excluding hydrogens is 877 g/mol. The van der Waals surface area contributed by atoms with Crippen molar-refractivity contribution in [2.45, 2.75) is 297 Å². The predicted octanol–water partition coefficient (Wildman–Crippen LogP) is 20.3. The molecule has 0 N–H and O–H groups in total. The van der Waals surface area contributed by atoms with Gasteiger partial charge in [-0.1, -0.05) is 260 Å². The molecule has 0 radical (unpaired) electrons. The molecular formula is C65H112O6. The van der Waals surface area contributed by atoms with Crippen LogP contribution in [0.3, 0.4) is 0 Å². The fraction of sp³-hybridized carbons (Fsp3) is 0.738. The van der Waals surface area contributed by atoms with E-state index in [1.54, 1.807) is 0 Å². The van der Waals surface area contributed by atoms with Crippen LogP contribution in [0.25, 0.3) is 0 Å². The van der Waals surface area contributed by atoms with Crippen molar-refractivity contribution in [3.8, 4) is 0 Å². The molecule has 0 saturated carbocycles. The lowest BCUT2D eigenvalue weighted by molar-refractivity contribution is -0.167. The molecule has 408 valence electrons. The van der Waals surface area contributed by atoms with Crippen LogP contribution >= 0.6 is 0 Å². The van der Waals surface area contributed by atoms with Crippen LogP contribution in [0.5, 0.6) is 0 Å². The molecule has 1 atom stereocenters. The third-order valence-electron chi connectivity index (χ3n) is 12.9. The molecule has 0 amide bonds. The summed E-state index contributed by atoms with van der Waals surface area (Å²) in [5.74, 6) is -0.887. The van der Waals surface area contributed by atoms with Crippen LogP contribution in [0.1, 0.15) is 290 Å².